The van der Waals surface area contributed by atoms with E-state index < -0.39 is 5.41 Å². The summed E-state index contributed by atoms with van der Waals surface area (Å²) >= 11 is 5.71. The maximum atomic E-state index is 11.6. The summed E-state index contributed by atoms with van der Waals surface area (Å²) in [6.45, 7) is 5.20. The van der Waals surface area contributed by atoms with Gasteiger partial charge in [-0.3, -0.25) is 4.79 Å². The standard InChI is InChI=1S/C11H18ClN3O/c1-11(2,8-12)10(16)14-4-3-6-15-7-5-13-9-15/h5,7,9H,3-4,6,8H2,1-2H3,(H,14,16). The molecule has 0 spiro atoms. The second-order valence-corrected chi connectivity index (χ2v) is 4.69. The van der Waals surface area contributed by atoms with Crippen molar-refractivity contribution in [1.82, 2.24) is 14.9 Å². The molecule has 1 amide bonds. The zero-order valence-corrected chi connectivity index (χ0v) is 10.5. The Morgan fingerprint density at radius 1 is 1.56 bits per heavy atom. The first-order valence-electron chi connectivity index (χ1n) is 5.36. The normalized spacial score (nSPS) is 11.4. The molecule has 4 nitrogen and oxygen atoms in total. The van der Waals surface area contributed by atoms with E-state index in [1.807, 2.05) is 24.6 Å². The van der Waals surface area contributed by atoms with Crippen molar-refractivity contribution in [3.05, 3.63) is 18.7 Å². The van der Waals surface area contributed by atoms with Crippen LogP contribution in [0.25, 0.3) is 0 Å². The number of carbonyl (C=O) groups is 1. The molecule has 0 fully saturated rings. The second-order valence-electron chi connectivity index (χ2n) is 4.43. The van der Waals surface area contributed by atoms with Crippen LogP contribution in [0, 0.1) is 5.41 Å². The summed E-state index contributed by atoms with van der Waals surface area (Å²) in [7, 11) is 0. The molecular formula is C11H18ClN3O. The Balaban J connectivity index is 2.18. The number of alkyl halides is 1. The molecule has 0 aromatic carbocycles. The van der Waals surface area contributed by atoms with Crippen LogP contribution in [0.15, 0.2) is 18.7 Å². The van der Waals surface area contributed by atoms with Crippen LogP contribution in [0.2, 0.25) is 0 Å². The number of rotatable bonds is 6. The van der Waals surface area contributed by atoms with E-state index in [2.05, 4.69) is 10.3 Å². The Bertz CT molecular complexity index is 322. The molecule has 0 atom stereocenters. The lowest BCUT2D eigenvalue weighted by atomic mass is 9.95. The third-order valence-corrected chi connectivity index (χ3v) is 3.05. The van der Waals surface area contributed by atoms with Gasteiger partial charge in [0, 0.05) is 31.4 Å². The summed E-state index contributed by atoms with van der Waals surface area (Å²) < 4.78 is 1.98. The van der Waals surface area contributed by atoms with Crippen LogP contribution in [0.5, 0.6) is 0 Å². The lowest BCUT2D eigenvalue weighted by Gasteiger charge is -2.20. The molecule has 0 saturated heterocycles. The number of imidazole rings is 1. The van der Waals surface area contributed by atoms with E-state index in [-0.39, 0.29) is 5.91 Å². The van der Waals surface area contributed by atoms with E-state index in [1.54, 1.807) is 12.5 Å². The smallest absolute Gasteiger partial charge is 0.226 e. The lowest BCUT2D eigenvalue weighted by molar-refractivity contribution is -0.128. The van der Waals surface area contributed by atoms with Gasteiger partial charge in [-0.05, 0) is 20.3 Å². The number of aromatic nitrogens is 2. The van der Waals surface area contributed by atoms with Crippen LogP contribution < -0.4 is 5.32 Å². The number of halogens is 1. The first-order chi connectivity index (χ1) is 7.56. The van der Waals surface area contributed by atoms with Gasteiger partial charge in [-0.2, -0.15) is 0 Å². The number of carbonyl (C=O) groups excluding carboxylic acids is 1. The van der Waals surface area contributed by atoms with E-state index >= 15 is 0 Å². The lowest BCUT2D eigenvalue weighted by Crippen LogP contribution is -2.38. The van der Waals surface area contributed by atoms with Gasteiger partial charge in [-0.15, -0.1) is 11.6 Å². The zero-order chi connectivity index (χ0) is 12.0. The fraction of sp³-hybridized carbons (Fsp3) is 0.636. The molecule has 0 aliphatic rings. The van der Waals surface area contributed by atoms with Crippen LogP contribution >= 0.6 is 11.6 Å². The molecule has 0 saturated carbocycles. The van der Waals surface area contributed by atoms with Crippen molar-refractivity contribution < 1.29 is 4.79 Å². The Kier molecular flexibility index (Phi) is 4.80. The average molecular weight is 244 g/mol. The Labute approximate surface area is 101 Å². The van der Waals surface area contributed by atoms with E-state index in [1.165, 1.54) is 0 Å². The molecule has 0 bridgehead atoms. The molecule has 0 aliphatic carbocycles. The third-order valence-electron chi connectivity index (χ3n) is 2.39. The molecule has 1 N–H and O–H groups in total. The van der Waals surface area contributed by atoms with Gasteiger partial charge >= 0.3 is 0 Å². The number of aryl methyl sites for hydroxylation is 1. The van der Waals surface area contributed by atoms with Crippen LogP contribution in [0.4, 0.5) is 0 Å². The zero-order valence-electron chi connectivity index (χ0n) is 9.74. The number of nitrogens with one attached hydrogen (secondary N) is 1. The van der Waals surface area contributed by atoms with E-state index in [9.17, 15) is 4.79 Å². The first-order valence-corrected chi connectivity index (χ1v) is 5.90. The minimum atomic E-state index is -0.490. The van der Waals surface area contributed by atoms with E-state index in [0.717, 1.165) is 13.0 Å². The number of nitrogens with zero attached hydrogens (tertiary/aromatic N) is 2. The molecule has 1 aromatic heterocycles. The van der Waals surface area contributed by atoms with Crippen LogP contribution in [-0.2, 0) is 11.3 Å². The highest BCUT2D eigenvalue weighted by Crippen LogP contribution is 2.16. The Morgan fingerprint density at radius 3 is 2.88 bits per heavy atom. The number of hydrogen-bond donors (Lipinski definition) is 1. The van der Waals surface area contributed by atoms with Crippen molar-refractivity contribution >= 4 is 17.5 Å². The van der Waals surface area contributed by atoms with E-state index in [0.29, 0.717) is 12.4 Å². The predicted octanol–water partition coefficient (Wildman–Crippen LogP) is 1.65. The van der Waals surface area contributed by atoms with Crippen LogP contribution in [0.1, 0.15) is 20.3 Å². The average Bonchev–Trinajstić information content (AvgIpc) is 2.76. The van der Waals surface area contributed by atoms with E-state index in [4.69, 9.17) is 11.6 Å². The monoisotopic (exact) mass is 243 g/mol. The van der Waals surface area contributed by atoms with Gasteiger partial charge in [-0.1, -0.05) is 0 Å². The van der Waals surface area contributed by atoms with Crippen LogP contribution in [-0.4, -0.2) is 27.9 Å². The molecule has 1 aromatic rings. The van der Waals surface area contributed by atoms with Gasteiger partial charge in [0.25, 0.3) is 0 Å². The summed E-state index contributed by atoms with van der Waals surface area (Å²) in [6, 6.07) is 0. The minimum Gasteiger partial charge on any atom is -0.356 e. The first kappa shape index (κ1) is 13.0. The molecule has 1 rings (SSSR count). The number of amides is 1. The van der Waals surface area contributed by atoms with Crippen molar-refractivity contribution in [2.75, 3.05) is 12.4 Å². The molecule has 0 aliphatic heterocycles. The second kappa shape index (κ2) is 5.89. The topological polar surface area (TPSA) is 46.9 Å². The van der Waals surface area contributed by atoms with Crippen molar-refractivity contribution in [2.45, 2.75) is 26.8 Å². The maximum absolute atomic E-state index is 11.6. The number of hydrogen-bond acceptors (Lipinski definition) is 2. The quantitative estimate of drug-likeness (QED) is 0.610. The van der Waals surface area contributed by atoms with Crippen molar-refractivity contribution in [3.63, 3.8) is 0 Å². The summed E-state index contributed by atoms with van der Waals surface area (Å²) in [5.41, 5.74) is -0.490. The SMILES string of the molecule is CC(C)(CCl)C(=O)NCCCn1ccnc1. The highest BCUT2D eigenvalue weighted by molar-refractivity contribution is 6.19. The van der Waals surface area contributed by atoms with Crippen LogP contribution in [0.3, 0.4) is 0 Å². The molecular weight excluding hydrogens is 226 g/mol. The molecule has 90 valence electrons. The summed E-state index contributed by atoms with van der Waals surface area (Å²) in [5.74, 6) is 0.341. The molecule has 1 heterocycles. The van der Waals surface area contributed by atoms with Gasteiger partial charge in [-0.25, -0.2) is 4.98 Å². The summed E-state index contributed by atoms with van der Waals surface area (Å²) in [5, 5.41) is 2.88. The van der Waals surface area contributed by atoms with Gasteiger partial charge in [0.15, 0.2) is 0 Å². The summed E-state index contributed by atoms with van der Waals surface area (Å²) in [4.78, 5) is 15.6. The van der Waals surface area contributed by atoms with Crippen molar-refractivity contribution in [3.8, 4) is 0 Å². The fourth-order valence-corrected chi connectivity index (χ4v) is 1.30. The van der Waals surface area contributed by atoms with Gasteiger partial charge < -0.3 is 9.88 Å². The molecule has 5 heteroatoms. The predicted molar refractivity (Wildman–Crippen MR) is 64.4 cm³/mol. The largest absolute Gasteiger partial charge is 0.356 e. The van der Waals surface area contributed by atoms with Crippen molar-refractivity contribution in [2.24, 2.45) is 5.41 Å². The fourth-order valence-electron chi connectivity index (χ4n) is 1.18. The van der Waals surface area contributed by atoms with Gasteiger partial charge in [0.2, 0.25) is 5.91 Å². The maximum Gasteiger partial charge on any atom is 0.226 e. The third kappa shape index (κ3) is 3.85. The van der Waals surface area contributed by atoms with Gasteiger partial charge in [0.05, 0.1) is 11.7 Å². The minimum absolute atomic E-state index is 0.00753. The Morgan fingerprint density at radius 2 is 2.31 bits per heavy atom. The molecule has 16 heavy (non-hydrogen) atoms. The highest BCUT2D eigenvalue weighted by Gasteiger charge is 2.25. The summed E-state index contributed by atoms with van der Waals surface area (Å²) in [6.07, 6.45) is 6.31. The Hall–Kier alpha value is -1.03. The van der Waals surface area contributed by atoms with Gasteiger partial charge in [0.1, 0.15) is 0 Å². The molecule has 0 radical (unpaired) electrons. The molecule has 0 unspecified atom stereocenters. The van der Waals surface area contributed by atoms with Crippen molar-refractivity contribution in [1.29, 1.82) is 0 Å². The highest BCUT2D eigenvalue weighted by atomic mass is 35.5.